The predicted molar refractivity (Wildman–Crippen MR) is 84.2 cm³/mol. The molecule has 0 radical (unpaired) electrons. The van der Waals surface area contributed by atoms with Crippen molar-refractivity contribution in [2.24, 2.45) is 4.99 Å². The molecule has 0 spiro atoms. The molecule has 5 heteroatoms. The summed E-state index contributed by atoms with van der Waals surface area (Å²) in [5, 5.41) is 0.854. The van der Waals surface area contributed by atoms with Crippen LogP contribution in [-0.2, 0) is 6.54 Å². The molecule has 2 aliphatic heterocycles. The first-order valence-electron chi connectivity index (χ1n) is 7.80. The number of hydrogen-bond donors (Lipinski definition) is 1. The number of ketones is 1. The quantitative estimate of drug-likeness (QED) is 0.947. The molecule has 0 saturated heterocycles. The molecular formula is C17H18FN3O. The summed E-state index contributed by atoms with van der Waals surface area (Å²) in [6.45, 7) is 4.88. The second-order valence-corrected chi connectivity index (χ2v) is 6.10. The lowest BCUT2D eigenvalue weighted by atomic mass is 9.97. The first kappa shape index (κ1) is 13.6. The van der Waals surface area contributed by atoms with Crippen molar-refractivity contribution in [3.05, 3.63) is 34.8 Å². The first-order chi connectivity index (χ1) is 10.7. The highest BCUT2D eigenvalue weighted by Crippen LogP contribution is 2.33. The Morgan fingerprint density at radius 1 is 1.36 bits per heavy atom. The number of aliphatic imine (C=N–C) groups is 1. The van der Waals surface area contributed by atoms with Gasteiger partial charge in [0.25, 0.3) is 0 Å². The molecule has 0 atom stereocenters. The van der Waals surface area contributed by atoms with Gasteiger partial charge in [-0.3, -0.25) is 14.7 Å². The van der Waals surface area contributed by atoms with Crippen LogP contribution in [0.25, 0.3) is 10.9 Å². The maximum Gasteiger partial charge on any atom is 0.185 e. The second-order valence-electron chi connectivity index (χ2n) is 6.10. The van der Waals surface area contributed by atoms with Crippen molar-refractivity contribution in [1.82, 2.24) is 9.88 Å². The monoisotopic (exact) mass is 299 g/mol. The van der Waals surface area contributed by atoms with E-state index in [9.17, 15) is 9.18 Å². The minimum Gasteiger partial charge on any atom is -0.357 e. The van der Waals surface area contributed by atoms with Crippen LogP contribution < -0.4 is 0 Å². The van der Waals surface area contributed by atoms with Gasteiger partial charge >= 0.3 is 0 Å². The number of aromatic nitrogens is 1. The van der Waals surface area contributed by atoms with Gasteiger partial charge in [0, 0.05) is 40.8 Å². The summed E-state index contributed by atoms with van der Waals surface area (Å²) in [4.78, 5) is 22.5. The molecule has 0 saturated carbocycles. The Balaban J connectivity index is 1.90. The lowest BCUT2D eigenvalue weighted by molar-refractivity contribution is 0.100. The number of carbonyl (C=O) groups excluding carboxylic acids is 1. The number of halogens is 1. The van der Waals surface area contributed by atoms with Crippen molar-refractivity contribution < 1.29 is 9.18 Å². The lowest BCUT2D eigenvalue weighted by Crippen LogP contribution is -2.36. The third-order valence-corrected chi connectivity index (χ3v) is 4.53. The second kappa shape index (κ2) is 5.02. The highest BCUT2D eigenvalue weighted by Gasteiger charge is 2.30. The van der Waals surface area contributed by atoms with E-state index in [4.69, 9.17) is 0 Å². The fourth-order valence-corrected chi connectivity index (χ4v) is 3.50. The number of hydrogen-bond acceptors (Lipinski definition) is 3. The van der Waals surface area contributed by atoms with Gasteiger partial charge in [-0.25, -0.2) is 4.39 Å². The van der Waals surface area contributed by atoms with Crippen molar-refractivity contribution in [2.75, 3.05) is 19.6 Å². The third-order valence-electron chi connectivity index (χ3n) is 4.53. The maximum atomic E-state index is 13.8. The molecule has 2 aromatic rings. The largest absolute Gasteiger partial charge is 0.357 e. The van der Waals surface area contributed by atoms with Crippen LogP contribution in [0, 0.1) is 5.82 Å². The Hall–Kier alpha value is -2.01. The van der Waals surface area contributed by atoms with E-state index in [0.29, 0.717) is 11.1 Å². The molecule has 1 aromatic carbocycles. The molecule has 1 aromatic heterocycles. The van der Waals surface area contributed by atoms with E-state index in [1.165, 1.54) is 12.1 Å². The highest BCUT2D eigenvalue weighted by molar-refractivity contribution is 6.22. The number of benzene rings is 1. The number of nitrogens with one attached hydrogen (secondary N) is 1. The zero-order valence-electron chi connectivity index (χ0n) is 12.6. The van der Waals surface area contributed by atoms with E-state index >= 15 is 0 Å². The number of rotatable bonds is 3. The summed E-state index contributed by atoms with van der Waals surface area (Å²) < 4.78 is 13.8. The number of nitrogens with zero attached hydrogens (tertiary/aromatic N) is 2. The Morgan fingerprint density at radius 2 is 2.23 bits per heavy atom. The van der Waals surface area contributed by atoms with Gasteiger partial charge in [-0.2, -0.15) is 0 Å². The summed E-state index contributed by atoms with van der Waals surface area (Å²) in [6, 6.07) is 2.82. The van der Waals surface area contributed by atoms with Crippen LogP contribution in [0.2, 0.25) is 0 Å². The summed E-state index contributed by atoms with van der Waals surface area (Å²) in [5.41, 5.74) is 4.22. The SMILES string of the molecule is CCCCN1CC2=NCC(=O)c3cc(F)cc4[nH]c(c2c34)C1. The van der Waals surface area contributed by atoms with E-state index in [0.717, 1.165) is 54.8 Å². The maximum absolute atomic E-state index is 13.8. The van der Waals surface area contributed by atoms with Gasteiger partial charge in [0.2, 0.25) is 0 Å². The molecule has 0 aliphatic carbocycles. The molecule has 0 amide bonds. The van der Waals surface area contributed by atoms with Crippen LogP contribution in [0.5, 0.6) is 0 Å². The van der Waals surface area contributed by atoms with Crippen LogP contribution in [-0.4, -0.2) is 41.0 Å². The van der Waals surface area contributed by atoms with Gasteiger partial charge in [-0.1, -0.05) is 13.3 Å². The molecule has 0 bridgehead atoms. The van der Waals surface area contributed by atoms with Crippen LogP contribution in [0.15, 0.2) is 17.1 Å². The van der Waals surface area contributed by atoms with Gasteiger partial charge in [0.05, 0.1) is 5.71 Å². The summed E-state index contributed by atoms with van der Waals surface area (Å²) >= 11 is 0. The molecule has 0 fully saturated rings. The zero-order valence-corrected chi connectivity index (χ0v) is 12.6. The number of aromatic amines is 1. The molecule has 3 heterocycles. The molecular weight excluding hydrogens is 281 g/mol. The fourth-order valence-electron chi connectivity index (χ4n) is 3.50. The van der Waals surface area contributed by atoms with Crippen molar-refractivity contribution >= 4 is 22.4 Å². The molecule has 22 heavy (non-hydrogen) atoms. The van der Waals surface area contributed by atoms with Crippen LogP contribution in [0.4, 0.5) is 4.39 Å². The summed E-state index contributed by atoms with van der Waals surface area (Å²) in [7, 11) is 0. The molecule has 0 unspecified atom stereocenters. The number of H-pyrrole nitrogens is 1. The summed E-state index contributed by atoms with van der Waals surface area (Å²) in [5.74, 6) is -0.478. The topological polar surface area (TPSA) is 48.5 Å². The van der Waals surface area contributed by atoms with Crippen molar-refractivity contribution in [3.63, 3.8) is 0 Å². The van der Waals surface area contributed by atoms with E-state index < -0.39 is 0 Å². The van der Waals surface area contributed by atoms with Crippen LogP contribution >= 0.6 is 0 Å². The van der Waals surface area contributed by atoms with Crippen molar-refractivity contribution in [3.8, 4) is 0 Å². The van der Waals surface area contributed by atoms with Gasteiger partial charge in [0.15, 0.2) is 5.78 Å². The van der Waals surface area contributed by atoms with Crippen molar-refractivity contribution in [2.45, 2.75) is 26.3 Å². The molecule has 4 nitrogen and oxygen atoms in total. The van der Waals surface area contributed by atoms with Crippen LogP contribution in [0.1, 0.15) is 41.4 Å². The van der Waals surface area contributed by atoms with E-state index in [2.05, 4.69) is 21.8 Å². The Bertz CT molecular complexity index is 806. The minimum atomic E-state index is -0.374. The zero-order chi connectivity index (χ0) is 15.3. The molecule has 4 rings (SSSR count). The van der Waals surface area contributed by atoms with Crippen LogP contribution in [0.3, 0.4) is 0 Å². The Labute approximate surface area is 128 Å². The molecule has 114 valence electrons. The highest BCUT2D eigenvalue weighted by atomic mass is 19.1. The van der Waals surface area contributed by atoms with Crippen molar-refractivity contribution in [1.29, 1.82) is 0 Å². The molecule has 2 aliphatic rings. The Morgan fingerprint density at radius 3 is 3.05 bits per heavy atom. The lowest BCUT2D eigenvalue weighted by Gasteiger charge is -2.27. The van der Waals surface area contributed by atoms with E-state index in [1.807, 2.05) is 0 Å². The smallest absolute Gasteiger partial charge is 0.185 e. The van der Waals surface area contributed by atoms with E-state index in [1.54, 1.807) is 0 Å². The predicted octanol–water partition coefficient (Wildman–Crippen LogP) is 2.91. The van der Waals surface area contributed by atoms with Gasteiger partial charge in [0.1, 0.15) is 12.4 Å². The molecule has 1 N–H and O–H groups in total. The average molecular weight is 299 g/mol. The normalized spacial score (nSPS) is 17.7. The Kier molecular flexibility index (Phi) is 3.11. The first-order valence-corrected chi connectivity index (χ1v) is 7.80. The van der Waals surface area contributed by atoms with Gasteiger partial charge in [-0.05, 0) is 25.1 Å². The number of Topliss-reactive ketones (excluding diaryl/α,β-unsaturated/α-hetero) is 1. The average Bonchev–Trinajstić information content (AvgIpc) is 2.79. The van der Waals surface area contributed by atoms with Gasteiger partial charge < -0.3 is 4.98 Å². The van der Waals surface area contributed by atoms with E-state index in [-0.39, 0.29) is 18.1 Å². The minimum absolute atomic E-state index is 0.103. The number of carbonyl (C=O) groups is 1. The third kappa shape index (κ3) is 2.00. The van der Waals surface area contributed by atoms with Gasteiger partial charge in [-0.15, -0.1) is 0 Å². The fraction of sp³-hybridized carbons (Fsp3) is 0.412. The standard InChI is InChI=1S/C17H18FN3O/c1-2-3-4-21-8-13-17-14(9-21)20-12-6-10(18)5-11(16(12)17)15(22)7-19-13/h5-6,20H,2-4,7-9H2,1H3. The number of unbranched alkanes of at least 4 members (excludes halogenated alkanes) is 1. The summed E-state index contributed by atoms with van der Waals surface area (Å²) in [6.07, 6.45) is 2.29.